The molecule has 1 atom stereocenters. The van der Waals surface area contributed by atoms with Crippen molar-refractivity contribution in [3.63, 3.8) is 0 Å². The Hall–Kier alpha value is -0.690. The number of rotatable bonds is 7. The quantitative estimate of drug-likeness (QED) is 0.635. The van der Waals surface area contributed by atoms with Crippen LogP contribution in [0.5, 0.6) is 0 Å². The molecule has 2 N–H and O–H groups in total. The van der Waals surface area contributed by atoms with Crippen LogP contribution in [0.4, 0.5) is 0 Å². The van der Waals surface area contributed by atoms with E-state index in [4.69, 9.17) is 19.7 Å². The molecule has 1 unspecified atom stereocenters. The van der Waals surface area contributed by atoms with Gasteiger partial charge in [-0.3, -0.25) is 9.69 Å². The van der Waals surface area contributed by atoms with E-state index in [0.29, 0.717) is 19.7 Å². The van der Waals surface area contributed by atoms with E-state index < -0.39 is 12.0 Å². The lowest BCUT2D eigenvalue weighted by Gasteiger charge is -2.35. The zero-order valence-electron chi connectivity index (χ0n) is 10.2. The Morgan fingerprint density at radius 1 is 1.47 bits per heavy atom. The molecule has 0 radical (unpaired) electrons. The number of hydrogen-bond donors (Lipinski definition) is 2. The maximum absolute atomic E-state index is 11.1. The van der Waals surface area contributed by atoms with Gasteiger partial charge in [0.2, 0.25) is 0 Å². The number of methoxy groups -OCH3 is 1. The first-order valence-corrected chi connectivity index (χ1v) is 5.87. The van der Waals surface area contributed by atoms with Crippen molar-refractivity contribution in [2.24, 2.45) is 0 Å². The molecule has 0 aromatic carbocycles. The van der Waals surface area contributed by atoms with Crippen LogP contribution in [0.25, 0.3) is 0 Å². The fourth-order valence-corrected chi connectivity index (χ4v) is 2.06. The Labute approximate surface area is 101 Å². The molecule has 0 saturated carbocycles. The van der Waals surface area contributed by atoms with Crippen molar-refractivity contribution in [1.29, 1.82) is 0 Å². The predicted octanol–water partition coefficient (Wildman–Crippen LogP) is -0.441. The number of nitrogens with zero attached hydrogens (tertiary/aromatic N) is 1. The Morgan fingerprint density at radius 2 is 2.12 bits per heavy atom. The summed E-state index contributed by atoms with van der Waals surface area (Å²) in [4.78, 5) is 13.0. The first-order valence-electron chi connectivity index (χ1n) is 5.87. The molecule has 1 saturated heterocycles. The Kier molecular flexibility index (Phi) is 6.43. The lowest BCUT2D eigenvalue weighted by Crippen LogP contribution is -2.49. The fraction of sp³-hybridized carbons (Fsp3) is 0.909. The van der Waals surface area contributed by atoms with E-state index in [2.05, 4.69) is 0 Å². The van der Waals surface area contributed by atoms with Gasteiger partial charge in [-0.2, -0.15) is 0 Å². The van der Waals surface area contributed by atoms with Crippen molar-refractivity contribution >= 4 is 5.97 Å². The number of hydrogen-bond acceptors (Lipinski definition) is 5. The summed E-state index contributed by atoms with van der Waals surface area (Å²) >= 11 is 0. The third-order valence-electron chi connectivity index (χ3n) is 2.97. The second-order valence-electron chi connectivity index (χ2n) is 4.14. The lowest BCUT2D eigenvalue weighted by atomic mass is 10.1. The number of aliphatic hydroxyl groups excluding tert-OH is 1. The molecule has 6 heteroatoms. The molecule has 1 aliphatic heterocycles. The van der Waals surface area contributed by atoms with Gasteiger partial charge < -0.3 is 19.7 Å². The van der Waals surface area contributed by atoms with Crippen LogP contribution in [0.2, 0.25) is 0 Å². The molecule has 0 amide bonds. The number of likely N-dealkylation sites (tertiary alicyclic amines) is 1. The molecular weight excluding hydrogens is 226 g/mol. The van der Waals surface area contributed by atoms with Gasteiger partial charge in [0, 0.05) is 20.2 Å². The van der Waals surface area contributed by atoms with Gasteiger partial charge in [0.25, 0.3) is 0 Å². The largest absolute Gasteiger partial charge is 0.480 e. The minimum Gasteiger partial charge on any atom is -0.480 e. The van der Waals surface area contributed by atoms with E-state index >= 15 is 0 Å². The monoisotopic (exact) mass is 247 g/mol. The molecule has 0 bridgehead atoms. The molecule has 6 nitrogen and oxygen atoms in total. The minimum absolute atomic E-state index is 0.0294. The topological polar surface area (TPSA) is 79.2 Å². The van der Waals surface area contributed by atoms with Crippen LogP contribution in [0.15, 0.2) is 0 Å². The number of aliphatic hydroxyl groups is 1. The van der Waals surface area contributed by atoms with Crippen LogP contribution in [0.1, 0.15) is 12.8 Å². The number of aliphatic carboxylic acids is 1. The van der Waals surface area contributed by atoms with Crippen molar-refractivity contribution in [1.82, 2.24) is 4.90 Å². The third-order valence-corrected chi connectivity index (χ3v) is 2.97. The average molecular weight is 247 g/mol. The standard InChI is InChI=1S/C11H21NO5/c1-16-8-10(11(14)15)12-4-2-9(3-5-12)17-7-6-13/h9-10,13H,2-8H2,1H3,(H,14,15). The first kappa shape index (κ1) is 14.4. The Balaban J connectivity index is 2.36. The van der Waals surface area contributed by atoms with Gasteiger partial charge >= 0.3 is 5.97 Å². The highest BCUT2D eigenvalue weighted by atomic mass is 16.5. The number of carbonyl (C=O) groups is 1. The first-order chi connectivity index (χ1) is 8.19. The van der Waals surface area contributed by atoms with E-state index in [0.717, 1.165) is 12.8 Å². The van der Waals surface area contributed by atoms with Crippen LogP contribution < -0.4 is 0 Å². The van der Waals surface area contributed by atoms with Gasteiger partial charge in [0.15, 0.2) is 0 Å². The highest BCUT2D eigenvalue weighted by molar-refractivity contribution is 5.73. The average Bonchev–Trinajstić information content (AvgIpc) is 2.34. The summed E-state index contributed by atoms with van der Waals surface area (Å²) in [5.74, 6) is -0.846. The van der Waals surface area contributed by atoms with Crippen molar-refractivity contribution in [2.45, 2.75) is 25.0 Å². The van der Waals surface area contributed by atoms with Gasteiger partial charge in [-0.05, 0) is 12.8 Å². The van der Waals surface area contributed by atoms with E-state index in [1.807, 2.05) is 4.90 Å². The minimum atomic E-state index is -0.846. The van der Waals surface area contributed by atoms with E-state index in [1.54, 1.807) is 0 Å². The molecular formula is C11H21NO5. The summed E-state index contributed by atoms with van der Waals surface area (Å²) < 4.78 is 10.3. The number of carboxylic acid groups (broad SMARTS) is 1. The van der Waals surface area contributed by atoms with Gasteiger partial charge in [-0.1, -0.05) is 0 Å². The molecule has 17 heavy (non-hydrogen) atoms. The Morgan fingerprint density at radius 3 is 2.59 bits per heavy atom. The maximum atomic E-state index is 11.1. The van der Waals surface area contributed by atoms with Crippen molar-refractivity contribution in [3.05, 3.63) is 0 Å². The van der Waals surface area contributed by atoms with Crippen LogP contribution in [0.3, 0.4) is 0 Å². The van der Waals surface area contributed by atoms with Gasteiger partial charge in [-0.25, -0.2) is 0 Å². The van der Waals surface area contributed by atoms with E-state index in [9.17, 15) is 4.79 Å². The second kappa shape index (κ2) is 7.60. The number of carboxylic acids is 1. The summed E-state index contributed by atoms with van der Waals surface area (Å²) in [6.07, 6.45) is 1.73. The van der Waals surface area contributed by atoms with E-state index in [-0.39, 0.29) is 19.3 Å². The zero-order valence-corrected chi connectivity index (χ0v) is 10.2. The van der Waals surface area contributed by atoms with E-state index in [1.165, 1.54) is 7.11 Å². The van der Waals surface area contributed by atoms with Gasteiger partial charge in [-0.15, -0.1) is 0 Å². The SMILES string of the molecule is COCC(C(=O)O)N1CCC(OCCO)CC1. The summed E-state index contributed by atoms with van der Waals surface area (Å²) in [6.45, 7) is 1.97. The molecule has 1 fully saturated rings. The van der Waals surface area contributed by atoms with Crippen LogP contribution >= 0.6 is 0 Å². The highest BCUT2D eigenvalue weighted by Gasteiger charge is 2.29. The lowest BCUT2D eigenvalue weighted by molar-refractivity contribution is -0.146. The fourth-order valence-electron chi connectivity index (χ4n) is 2.06. The Bertz CT molecular complexity index is 228. The van der Waals surface area contributed by atoms with Crippen LogP contribution in [-0.2, 0) is 14.3 Å². The summed E-state index contributed by atoms with van der Waals surface area (Å²) in [5, 5.41) is 17.7. The van der Waals surface area contributed by atoms with Gasteiger partial charge in [0.05, 0.1) is 25.9 Å². The number of piperidine rings is 1. The summed E-state index contributed by atoms with van der Waals surface area (Å²) in [5.41, 5.74) is 0. The molecule has 0 aromatic rings. The second-order valence-corrected chi connectivity index (χ2v) is 4.14. The summed E-state index contributed by atoms with van der Waals surface area (Å²) in [7, 11) is 1.51. The van der Waals surface area contributed by atoms with Crippen molar-refractivity contribution in [3.8, 4) is 0 Å². The third kappa shape index (κ3) is 4.59. The van der Waals surface area contributed by atoms with Crippen molar-refractivity contribution < 1.29 is 24.5 Å². The molecule has 1 aliphatic rings. The molecule has 100 valence electrons. The van der Waals surface area contributed by atoms with Crippen LogP contribution in [-0.4, -0.2) is 73.2 Å². The molecule has 1 heterocycles. The van der Waals surface area contributed by atoms with Gasteiger partial charge in [0.1, 0.15) is 6.04 Å². The maximum Gasteiger partial charge on any atom is 0.323 e. The smallest absolute Gasteiger partial charge is 0.323 e. The molecule has 0 spiro atoms. The molecule has 0 aliphatic carbocycles. The summed E-state index contributed by atoms with van der Waals surface area (Å²) in [6, 6.07) is -0.571. The predicted molar refractivity (Wildman–Crippen MR) is 60.9 cm³/mol. The highest BCUT2D eigenvalue weighted by Crippen LogP contribution is 2.16. The normalized spacial score (nSPS) is 20.4. The zero-order chi connectivity index (χ0) is 12.7. The molecule has 1 rings (SSSR count). The van der Waals surface area contributed by atoms with Crippen LogP contribution in [0, 0.1) is 0 Å². The van der Waals surface area contributed by atoms with Crippen molar-refractivity contribution in [2.75, 3.05) is 40.0 Å². The molecule has 0 aromatic heterocycles. The number of ether oxygens (including phenoxy) is 2.